The Bertz CT molecular complexity index is 1170. The molecule has 2 amide bonds. The molecule has 1 fully saturated rings. The number of carbonyl (C=O) groups excluding carboxylic acids is 2. The molecule has 0 aromatic heterocycles. The second kappa shape index (κ2) is 13.9. The van der Waals surface area contributed by atoms with Crippen molar-refractivity contribution in [3.63, 3.8) is 0 Å². The third-order valence-electron chi connectivity index (χ3n) is 6.62. The summed E-state index contributed by atoms with van der Waals surface area (Å²) in [4.78, 5) is 29.1. The van der Waals surface area contributed by atoms with Gasteiger partial charge < -0.3 is 10.2 Å². The van der Waals surface area contributed by atoms with Gasteiger partial charge in [0.25, 0.3) is 0 Å². The van der Waals surface area contributed by atoms with E-state index in [-0.39, 0.29) is 23.6 Å². The summed E-state index contributed by atoms with van der Waals surface area (Å²) in [5, 5.41) is 4.54. The predicted octanol–water partition coefficient (Wildman–Crippen LogP) is 6.93. The van der Waals surface area contributed by atoms with E-state index < -0.39 is 6.04 Å². The molecule has 1 atom stereocenters. The zero-order chi connectivity index (χ0) is 26.0. The van der Waals surface area contributed by atoms with Crippen molar-refractivity contribution >= 4 is 46.8 Å². The van der Waals surface area contributed by atoms with Gasteiger partial charge in [-0.05, 0) is 53.8 Å². The highest BCUT2D eigenvalue weighted by Gasteiger charge is 2.32. The molecule has 37 heavy (non-hydrogen) atoms. The van der Waals surface area contributed by atoms with Gasteiger partial charge in [0.1, 0.15) is 6.04 Å². The Kier molecular flexibility index (Phi) is 10.4. The maximum absolute atomic E-state index is 13.7. The normalized spacial score (nSPS) is 14.3. The van der Waals surface area contributed by atoms with Crippen molar-refractivity contribution < 1.29 is 9.59 Å². The minimum absolute atomic E-state index is 0.0681. The van der Waals surface area contributed by atoms with E-state index in [1.807, 2.05) is 78.9 Å². The highest BCUT2D eigenvalue weighted by Crippen LogP contribution is 2.22. The molecule has 1 saturated carbocycles. The van der Waals surface area contributed by atoms with Crippen molar-refractivity contribution in [2.24, 2.45) is 0 Å². The predicted molar refractivity (Wildman–Crippen MR) is 154 cm³/mol. The number of nitrogens with one attached hydrogen (secondary N) is 1. The van der Waals surface area contributed by atoms with Crippen LogP contribution in [0.2, 0.25) is 10.0 Å². The maximum Gasteiger partial charge on any atom is 0.243 e. The van der Waals surface area contributed by atoms with Crippen molar-refractivity contribution in [2.75, 3.05) is 5.75 Å². The SMILES string of the molecule is O=C(NC1CCCC1)[C@@H](Cc1ccccc1)N(Cc1cccc(Cl)c1)C(=O)CSCc1ccc(Cl)cc1. The van der Waals surface area contributed by atoms with Crippen molar-refractivity contribution in [1.82, 2.24) is 10.2 Å². The lowest BCUT2D eigenvalue weighted by Gasteiger charge is -2.32. The molecule has 0 aliphatic heterocycles. The first-order chi connectivity index (χ1) is 18.0. The number of nitrogens with zero attached hydrogens (tertiary/aromatic N) is 1. The lowest BCUT2D eigenvalue weighted by atomic mass is 10.0. The molecule has 194 valence electrons. The first-order valence-electron chi connectivity index (χ1n) is 12.7. The fraction of sp³-hybridized carbons (Fsp3) is 0.333. The van der Waals surface area contributed by atoms with Crippen molar-refractivity contribution in [2.45, 2.75) is 56.5 Å². The fourth-order valence-electron chi connectivity index (χ4n) is 4.67. The van der Waals surface area contributed by atoms with Gasteiger partial charge >= 0.3 is 0 Å². The summed E-state index contributed by atoms with van der Waals surface area (Å²) >= 11 is 13.8. The Labute approximate surface area is 233 Å². The van der Waals surface area contributed by atoms with Crippen molar-refractivity contribution in [3.8, 4) is 0 Å². The van der Waals surface area contributed by atoms with Crippen molar-refractivity contribution in [3.05, 3.63) is 106 Å². The Balaban J connectivity index is 1.56. The van der Waals surface area contributed by atoms with E-state index in [9.17, 15) is 9.59 Å². The molecule has 3 aromatic rings. The third-order valence-corrected chi connectivity index (χ3v) is 8.10. The standard InChI is InChI=1S/C30H32Cl2N2O2S/c31-25-15-13-23(14-16-25)20-37-21-29(35)34(19-24-9-6-10-26(32)17-24)28(18-22-7-2-1-3-8-22)30(36)33-27-11-4-5-12-27/h1-3,6-10,13-17,27-28H,4-5,11-12,18-21H2,(H,33,36)/t28-/m1/s1. The summed E-state index contributed by atoms with van der Waals surface area (Å²) in [6.07, 6.45) is 4.68. The second-order valence-corrected chi connectivity index (χ2v) is 11.3. The lowest BCUT2D eigenvalue weighted by molar-refractivity contribution is -0.139. The minimum atomic E-state index is -0.620. The summed E-state index contributed by atoms with van der Waals surface area (Å²) in [5.74, 6) is 0.798. The molecule has 0 saturated heterocycles. The number of thioether (sulfide) groups is 1. The topological polar surface area (TPSA) is 49.4 Å². The average molecular weight is 556 g/mol. The van der Waals surface area contributed by atoms with Gasteiger partial charge in [-0.1, -0.05) is 90.6 Å². The fourth-order valence-corrected chi connectivity index (χ4v) is 5.88. The van der Waals surface area contributed by atoms with E-state index in [4.69, 9.17) is 23.2 Å². The lowest BCUT2D eigenvalue weighted by Crippen LogP contribution is -2.52. The van der Waals surface area contributed by atoms with Gasteiger partial charge in [-0.25, -0.2) is 0 Å². The van der Waals surface area contributed by atoms with Gasteiger partial charge in [0.05, 0.1) is 5.75 Å². The Hall–Kier alpha value is -2.47. The molecule has 3 aromatic carbocycles. The molecule has 4 rings (SSSR count). The summed E-state index contributed by atoms with van der Waals surface area (Å²) in [6, 6.07) is 24.6. The summed E-state index contributed by atoms with van der Waals surface area (Å²) in [6.45, 7) is 0.316. The Morgan fingerprint density at radius 1 is 0.865 bits per heavy atom. The number of hydrogen-bond acceptors (Lipinski definition) is 3. The minimum Gasteiger partial charge on any atom is -0.352 e. The van der Waals surface area contributed by atoms with Gasteiger partial charge in [0, 0.05) is 34.8 Å². The van der Waals surface area contributed by atoms with E-state index >= 15 is 0 Å². The zero-order valence-corrected chi connectivity index (χ0v) is 23.1. The smallest absolute Gasteiger partial charge is 0.243 e. The maximum atomic E-state index is 13.7. The molecule has 0 unspecified atom stereocenters. The van der Waals surface area contributed by atoms with Gasteiger partial charge in [0.15, 0.2) is 0 Å². The monoisotopic (exact) mass is 554 g/mol. The first-order valence-corrected chi connectivity index (χ1v) is 14.6. The largest absolute Gasteiger partial charge is 0.352 e. The first kappa shape index (κ1) is 27.6. The highest BCUT2D eigenvalue weighted by atomic mass is 35.5. The number of amides is 2. The number of rotatable bonds is 11. The van der Waals surface area contributed by atoms with Crippen LogP contribution in [0.5, 0.6) is 0 Å². The molecule has 1 aliphatic rings. The van der Waals surface area contributed by atoms with Crippen LogP contribution < -0.4 is 5.32 Å². The molecule has 1 N–H and O–H groups in total. The molecule has 4 nitrogen and oxygen atoms in total. The van der Waals surface area contributed by atoms with E-state index in [1.54, 1.807) is 4.90 Å². The van der Waals surface area contributed by atoms with E-state index in [1.165, 1.54) is 11.8 Å². The van der Waals surface area contributed by atoms with Crippen LogP contribution in [0.25, 0.3) is 0 Å². The molecule has 0 heterocycles. The molecule has 0 radical (unpaired) electrons. The van der Waals surface area contributed by atoms with Crippen LogP contribution in [-0.2, 0) is 28.3 Å². The number of halogens is 2. The van der Waals surface area contributed by atoms with Crippen LogP contribution >= 0.6 is 35.0 Å². The third kappa shape index (κ3) is 8.53. The van der Waals surface area contributed by atoms with Gasteiger partial charge in [-0.2, -0.15) is 0 Å². The average Bonchev–Trinajstić information content (AvgIpc) is 3.41. The molecule has 7 heteroatoms. The van der Waals surface area contributed by atoms with E-state index in [0.717, 1.165) is 42.4 Å². The van der Waals surface area contributed by atoms with Crippen LogP contribution in [0.1, 0.15) is 42.4 Å². The highest BCUT2D eigenvalue weighted by molar-refractivity contribution is 7.99. The Morgan fingerprint density at radius 3 is 2.27 bits per heavy atom. The summed E-state index contributed by atoms with van der Waals surface area (Å²) < 4.78 is 0. The van der Waals surface area contributed by atoms with Crippen LogP contribution in [0.3, 0.4) is 0 Å². The Morgan fingerprint density at radius 2 is 1.57 bits per heavy atom. The molecule has 0 bridgehead atoms. The zero-order valence-electron chi connectivity index (χ0n) is 20.7. The summed E-state index contributed by atoms with van der Waals surface area (Å²) in [7, 11) is 0. The van der Waals surface area contributed by atoms with Crippen LogP contribution in [0, 0.1) is 0 Å². The van der Waals surface area contributed by atoms with Gasteiger partial charge in [0.2, 0.25) is 11.8 Å². The van der Waals surface area contributed by atoms with Gasteiger partial charge in [-0.3, -0.25) is 9.59 Å². The molecular formula is C30H32Cl2N2O2S. The molecule has 0 spiro atoms. The second-order valence-electron chi connectivity index (χ2n) is 9.47. The van der Waals surface area contributed by atoms with Crippen molar-refractivity contribution in [1.29, 1.82) is 0 Å². The molecular weight excluding hydrogens is 523 g/mol. The summed E-state index contributed by atoms with van der Waals surface area (Å²) in [5.41, 5.74) is 3.02. The van der Waals surface area contributed by atoms with E-state index in [2.05, 4.69) is 5.32 Å². The van der Waals surface area contributed by atoms with Crippen LogP contribution in [-0.4, -0.2) is 34.6 Å². The number of hydrogen-bond donors (Lipinski definition) is 1. The quantitative estimate of drug-likeness (QED) is 0.279. The van der Waals surface area contributed by atoms with Gasteiger partial charge in [-0.15, -0.1) is 11.8 Å². The molecule has 1 aliphatic carbocycles. The number of benzene rings is 3. The van der Waals surface area contributed by atoms with E-state index in [0.29, 0.717) is 28.8 Å². The van der Waals surface area contributed by atoms with Crippen LogP contribution in [0.4, 0.5) is 0 Å². The van der Waals surface area contributed by atoms with Crippen LogP contribution in [0.15, 0.2) is 78.9 Å². The number of carbonyl (C=O) groups is 2.